The van der Waals surface area contributed by atoms with E-state index in [1.807, 2.05) is 0 Å². The second kappa shape index (κ2) is 6.85. The third-order valence-electron chi connectivity index (χ3n) is 2.65. The van der Waals surface area contributed by atoms with Crippen molar-refractivity contribution in [3.63, 3.8) is 0 Å². The van der Waals surface area contributed by atoms with Crippen LogP contribution in [-0.4, -0.2) is 22.9 Å². The van der Waals surface area contributed by atoms with Crippen LogP contribution in [0.1, 0.15) is 37.9 Å². The van der Waals surface area contributed by atoms with E-state index in [0.29, 0.717) is 12.1 Å². The summed E-state index contributed by atoms with van der Waals surface area (Å²) in [6.45, 7) is 4.66. The number of alkyl halides is 3. The first-order chi connectivity index (χ1) is 10.8. The normalized spacial score (nSPS) is 13.1. The maximum Gasteiger partial charge on any atom is 0.416 e. The third-order valence-corrected chi connectivity index (χ3v) is 2.65. The van der Waals surface area contributed by atoms with Crippen LogP contribution >= 0.6 is 0 Å². The van der Waals surface area contributed by atoms with E-state index in [1.54, 1.807) is 20.8 Å². The molecule has 0 heterocycles. The summed E-state index contributed by atoms with van der Waals surface area (Å²) in [5, 5.41) is 12.9. The molecule has 1 unspecified atom stereocenters. The zero-order chi connectivity index (χ0) is 18.7. The number of nitro benzene ring substituents is 1. The van der Waals surface area contributed by atoms with Gasteiger partial charge in [0.25, 0.3) is 5.69 Å². The van der Waals surface area contributed by atoms with Crippen molar-refractivity contribution in [1.29, 1.82) is 0 Å². The molecule has 0 aliphatic carbocycles. The predicted molar refractivity (Wildman–Crippen MR) is 76.3 cm³/mol. The van der Waals surface area contributed by atoms with Crippen LogP contribution in [0.15, 0.2) is 18.2 Å². The Labute approximate surface area is 134 Å². The van der Waals surface area contributed by atoms with Crippen LogP contribution < -0.4 is 5.32 Å². The van der Waals surface area contributed by atoms with Crippen LogP contribution in [-0.2, 0) is 15.7 Å². The Balaban J connectivity index is 3.21. The van der Waals surface area contributed by atoms with Gasteiger partial charge in [-0.3, -0.25) is 10.1 Å². The summed E-state index contributed by atoms with van der Waals surface area (Å²) in [5.74, 6) is 0. The van der Waals surface area contributed by atoms with Gasteiger partial charge in [-0.05, 0) is 32.4 Å². The molecule has 1 N–H and O–H groups in total. The molecule has 1 atom stereocenters. The van der Waals surface area contributed by atoms with E-state index in [9.17, 15) is 32.9 Å². The fourth-order valence-corrected chi connectivity index (χ4v) is 1.71. The lowest BCUT2D eigenvalue weighted by atomic mass is 10.0. The number of nitrogens with one attached hydrogen (secondary N) is 1. The molecule has 0 radical (unpaired) electrons. The molecular weight excluding hydrogens is 333 g/mol. The molecule has 1 aromatic carbocycles. The first-order valence-electron chi connectivity index (χ1n) is 6.65. The number of alkyl carbamates (subject to hydrolysis) is 1. The minimum atomic E-state index is -4.85. The maximum absolute atomic E-state index is 12.8. The molecule has 1 aromatic rings. The van der Waals surface area contributed by atoms with Crippen molar-refractivity contribution in [2.45, 2.75) is 38.6 Å². The minimum Gasteiger partial charge on any atom is -0.444 e. The molecule has 24 heavy (non-hydrogen) atoms. The summed E-state index contributed by atoms with van der Waals surface area (Å²) in [6.07, 6.45) is -5.73. The van der Waals surface area contributed by atoms with Crippen LogP contribution in [0.3, 0.4) is 0 Å². The highest BCUT2D eigenvalue weighted by atomic mass is 19.4. The lowest BCUT2D eigenvalue weighted by Gasteiger charge is -2.22. The Bertz CT molecular complexity index is 653. The van der Waals surface area contributed by atoms with Gasteiger partial charge in [0, 0.05) is 12.1 Å². The van der Waals surface area contributed by atoms with Crippen molar-refractivity contribution in [2.75, 3.05) is 0 Å². The number of rotatable bonds is 4. The van der Waals surface area contributed by atoms with Gasteiger partial charge in [-0.15, -0.1) is 0 Å². The summed E-state index contributed by atoms with van der Waals surface area (Å²) < 4.78 is 43.4. The van der Waals surface area contributed by atoms with Crippen LogP contribution in [0.5, 0.6) is 0 Å². The van der Waals surface area contributed by atoms with Crippen LogP contribution in [0.2, 0.25) is 0 Å². The second-order valence-corrected chi connectivity index (χ2v) is 5.83. The van der Waals surface area contributed by atoms with Crippen molar-refractivity contribution in [3.05, 3.63) is 39.4 Å². The lowest BCUT2D eigenvalue weighted by Crippen LogP contribution is -2.35. The van der Waals surface area contributed by atoms with Gasteiger partial charge in [-0.2, -0.15) is 13.2 Å². The van der Waals surface area contributed by atoms with Crippen molar-refractivity contribution in [1.82, 2.24) is 5.32 Å². The lowest BCUT2D eigenvalue weighted by molar-refractivity contribution is -0.385. The molecule has 0 spiro atoms. The number of halogens is 3. The van der Waals surface area contributed by atoms with Gasteiger partial charge in [0.15, 0.2) is 0 Å². The van der Waals surface area contributed by atoms with Gasteiger partial charge in [0.2, 0.25) is 0 Å². The SMILES string of the molecule is CC(C)(C)OC(=O)NC(C=O)c1cc([N+](=O)[O-])cc(C(F)(F)F)c1. The first kappa shape index (κ1) is 19.4. The standard InChI is InChI=1S/C14H15F3N2O5/c1-13(2,3)24-12(21)18-11(7-20)8-4-9(14(15,16)17)6-10(5-8)19(22)23/h4-7,11H,1-3H3,(H,18,21). The van der Waals surface area contributed by atoms with Gasteiger partial charge in [-0.1, -0.05) is 0 Å². The number of carbonyl (C=O) groups is 2. The summed E-state index contributed by atoms with van der Waals surface area (Å²) in [5.41, 5.74) is -3.42. The zero-order valence-corrected chi connectivity index (χ0v) is 13.0. The molecule has 10 heteroatoms. The number of hydrogen-bond acceptors (Lipinski definition) is 5. The van der Waals surface area contributed by atoms with E-state index in [-0.39, 0.29) is 11.8 Å². The Kier molecular flexibility index (Phi) is 5.54. The fourth-order valence-electron chi connectivity index (χ4n) is 1.71. The molecular formula is C14H15F3N2O5. The van der Waals surface area contributed by atoms with Crippen molar-refractivity contribution in [2.24, 2.45) is 0 Å². The fraction of sp³-hybridized carbons (Fsp3) is 0.429. The van der Waals surface area contributed by atoms with Crippen molar-refractivity contribution < 1.29 is 32.4 Å². The third kappa shape index (κ3) is 5.52. The number of ether oxygens (including phenoxy) is 1. The van der Waals surface area contributed by atoms with Crippen molar-refractivity contribution in [3.8, 4) is 0 Å². The summed E-state index contributed by atoms with van der Waals surface area (Å²) in [7, 11) is 0. The molecule has 0 aromatic heterocycles. The highest BCUT2D eigenvalue weighted by molar-refractivity contribution is 5.75. The molecule has 1 rings (SSSR count). The smallest absolute Gasteiger partial charge is 0.416 e. The van der Waals surface area contributed by atoms with Crippen LogP contribution in [0.4, 0.5) is 23.7 Å². The number of amides is 1. The van der Waals surface area contributed by atoms with Gasteiger partial charge in [0.1, 0.15) is 17.9 Å². The molecule has 0 fully saturated rings. The summed E-state index contributed by atoms with van der Waals surface area (Å²) in [4.78, 5) is 32.6. The summed E-state index contributed by atoms with van der Waals surface area (Å²) >= 11 is 0. The Morgan fingerprint density at radius 2 is 1.88 bits per heavy atom. The topological polar surface area (TPSA) is 98.5 Å². The van der Waals surface area contributed by atoms with Crippen LogP contribution in [0, 0.1) is 10.1 Å². The quantitative estimate of drug-likeness (QED) is 0.511. The molecule has 0 saturated heterocycles. The highest BCUT2D eigenvalue weighted by Crippen LogP contribution is 2.33. The van der Waals surface area contributed by atoms with Crippen LogP contribution in [0.25, 0.3) is 0 Å². The minimum absolute atomic E-state index is 0.156. The van der Waals surface area contributed by atoms with E-state index in [4.69, 9.17) is 4.74 Å². The number of carbonyl (C=O) groups excluding carboxylic acids is 2. The average molecular weight is 348 g/mol. The Morgan fingerprint density at radius 1 is 1.29 bits per heavy atom. The number of nitro groups is 1. The van der Waals surface area contributed by atoms with E-state index in [1.165, 1.54) is 0 Å². The van der Waals surface area contributed by atoms with Gasteiger partial charge < -0.3 is 14.8 Å². The average Bonchev–Trinajstić information content (AvgIpc) is 2.41. The molecule has 0 saturated carbocycles. The Morgan fingerprint density at radius 3 is 2.29 bits per heavy atom. The largest absolute Gasteiger partial charge is 0.444 e. The second-order valence-electron chi connectivity index (χ2n) is 5.83. The number of non-ortho nitro benzene ring substituents is 1. The van der Waals surface area contributed by atoms with Gasteiger partial charge in [0.05, 0.1) is 10.5 Å². The molecule has 7 nitrogen and oxygen atoms in total. The van der Waals surface area contributed by atoms with Gasteiger partial charge >= 0.3 is 12.3 Å². The number of nitrogens with zero attached hydrogens (tertiary/aromatic N) is 1. The molecule has 0 aliphatic rings. The first-order valence-corrected chi connectivity index (χ1v) is 6.65. The van der Waals surface area contributed by atoms with E-state index < -0.39 is 40.1 Å². The monoisotopic (exact) mass is 348 g/mol. The molecule has 0 aliphatic heterocycles. The zero-order valence-electron chi connectivity index (χ0n) is 13.0. The molecule has 0 bridgehead atoms. The van der Waals surface area contributed by atoms with E-state index >= 15 is 0 Å². The van der Waals surface area contributed by atoms with Gasteiger partial charge in [-0.25, -0.2) is 4.79 Å². The highest BCUT2D eigenvalue weighted by Gasteiger charge is 2.34. The number of benzene rings is 1. The summed E-state index contributed by atoms with van der Waals surface area (Å²) in [6, 6.07) is 0.161. The Hall–Kier alpha value is -2.65. The predicted octanol–water partition coefficient (Wildman–Crippen LogP) is 3.38. The molecule has 132 valence electrons. The van der Waals surface area contributed by atoms with Crippen molar-refractivity contribution >= 4 is 18.1 Å². The molecule has 1 amide bonds. The van der Waals surface area contributed by atoms with E-state index in [0.717, 1.165) is 6.07 Å². The van der Waals surface area contributed by atoms with E-state index in [2.05, 4.69) is 5.32 Å². The number of hydrogen-bond donors (Lipinski definition) is 1. The number of aldehydes is 1. The maximum atomic E-state index is 12.8.